The molecule has 0 aliphatic carbocycles. The summed E-state index contributed by atoms with van der Waals surface area (Å²) in [4.78, 5) is 13.7. The van der Waals surface area contributed by atoms with Gasteiger partial charge in [-0.1, -0.05) is 0 Å². The topological polar surface area (TPSA) is 55.6 Å². The Morgan fingerprint density at radius 3 is 3.00 bits per heavy atom. The average molecular weight is 238 g/mol. The van der Waals surface area contributed by atoms with Crippen molar-refractivity contribution in [2.24, 2.45) is 0 Å². The Kier molecular flexibility index (Phi) is 3.28. The van der Waals surface area contributed by atoms with Crippen LogP contribution in [0.5, 0.6) is 0 Å². The van der Waals surface area contributed by atoms with Crippen LogP contribution in [0.25, 0.3) is 0 Å². The van der Waals surface area contributed by atoms with E-state index in [1.54, 1.807) is 4.90 Å². The van der Waals surface area contributed by atoms with E-state index in [1.807, 2.05) is 6.92 Å². The molecule has 92 valence electrons. The number of rotatable bonds is 1. The van der Waals surface area contributed by atoms with Gasteiger partial charge in [0.2, 0.25) is 0 Å². The van der Waals surface area contributed by atoms with Gasteiger partial charge in [-0.15, -0.1) is 0 Å². The van der Waals surface area contributed by atoms with Gasteiger partial charge < -0.3 is 15.4 Å². The zero-order valence-corrected chi connectivity index (χ0v) is 9.65. The van der Waals surface area contributed by atoms with Crippen molar-refractivity contribution >= 4 is 11.6 Å². The Hall–Kier alpha value is -1.62. The van der Waals surface area contributed by atoms with Gasteiger partial charge in [0.05, 0.1) is 18.3 Å². The molecule has 1 atom stereocenters. The summed E-state index contributed by atoms with van der Waals surface area (Å²) >= 11 is 0. The zero-order chi connectivity index (χ0) is 12.4. The highest BCUT2D eigenvalue weighted by molar-refractivity contribution is 5.94. The van der Waals surface area contributed by atoms with Crippen molar-refractivity contribution in [1.29, 1.82) is 0 Å². The Morgan fingerprint density at radius 1 is 1.59 bits per heavy atom. The molecule has 2 N–H and O–H groups in total. The number of nitrogens with two attached hydrogens (primary N) is 1. The van der Waals surface area contributed by atoms with Crippen LogP contribution in [0.2, 0.25) is 0 Å². The first kappa shape index (κ1) is 11.9. The molecule has 5 heteroatoms. The molecular weight excluding hydrogens is 223 g/mol. The largest absolute Gasteiger partial charge is 0.399 e. The number of hydrogen-bond donors (Lipinski definition) is 1. The number of halogens is 1. The van der Waals surface area contributed by atoms with Gasteiger partial charge in [-0.2, -0.15) is 0 Å². The van der Waals surface area contributed by atoms with Gasteiger partial charge in [0, 0.05) is 18.8 Å². The van der Waals surface area contributed by atoms with E-state index in [0.717, 1.165) is 6.07 Å². The molecule has 0 radical (unpaired) electrons. The highest BCUT2D eigenvalue weighted by Crippen LogP contribution is 2.16. The lowest BCUT2D eigenvalue weighted by molar-refractivity contribution is -0.0125. The van der Waals surface area contributed by atoms with Crippen molar-refractivity contribution in [3.63, 3.8) is 0 Å². The number of carbonyl (C=O) groups excluding carboxylic acids is 1. The highest BCUT2D eigenvalue weighted by Gasteiger charge is 2.24. The molecule has 4 nitrogen and oxygen atoms in total. The van der Waals surface area contributed by atoms with Crippen LogP contribution in [-0.2, 0) is 4.74 Å². The predicted octanol–water partition coefficient (Wildman–Crippen LogP) is 1.27. The minimum Gasteiger partial charge on any atom is -0.399 e. The minimum atomic E-state index is -0.575. The fourth-order valence-electron chi connectivity index (χ4n) is 1.88. The first-order valence-electron chi connectivity index (χ1n) is 5.54. The summed E-state index contributed by atoms with van der Waals surface area (Å²) in [6.45, 7) is 3.36. The normalized spacial score (nSPS) is 20.4. The summed E-state index contributed by atoms with van der Waals surface area (Å²) in [6, 6.07) is 4.12. The van der Waals surface area contributed by atoms with Crippen LogP contribution in [-0.4, -0.2) is 36.6 Å². The first-order valence-corrected chi connectivity index (χ1v) is 5.54. The molecule has 0 unspecified atom stereocenters. The van der Waals surface area contributed by atoms with Crippen LogP contribution in [0.1, 0.15) is 17.3 Å². The van der Waals surface area contributed by atoms with E-state index in [9.17, 15) is 9.18 Å². The standard InChI is InChI=1S/C12H15FN2O2/c1-8-7-15(4-5-17-8)12(16)10-3-2-9(14)6-11(10)13/h2-3,6,8H,4-5,7,14H2,1H3/t8-/m0/s1. The zero-order valence-electron chi connectivity index (χ0n) is 9.65. The van der Waals surface area contributed by atoms with Gasteiger partial charge in [0.1, 0.15) is 5.82 Å². The maximum Gasteiger partial charge on any atom is 0.256 e. The fraction of sp³-hybridized carbons (Fsp3) is 0.417. The number of benzene rings is 1. The van der Waals surface area contributed by atoms with Gasteiger partial charge in [0.15, 0.2) is 0 Å². The first-order chi connectivity index (χ1) is 8.08. The molecule has 0 saturated carbocycles. The van der Waals surface area contributed by atoms with Crippen molar-refractivity contribution in [2.45, 2.75) is 13.0 Å². The molecular formula is C12H15FN2O2. The van der Waals surface area contributed by atoms with E-state index >= 15 is 0 Å². The van der Waals surface area contributed by atoms with E-state index in [2.05, 4.69) is 0 Å². The molecule has 1 heterocycles. The van der Waals surface area contributed by atoms with Crippen molar-refractivity contribution < 1.29 is 13.9 Å². The van der Waals surface area contributed by atoms with Crippen molar-refractivity contribution in [3.05, 3.63) is 29.6 Å². The third-order valence-corrected chi connectivity index (χ3v) is 2.75. The Bertz CT molecular complexity index is 437. The number of hydrogen-bond acceptors (Lipinski definition) is 3. The molecule has 17 heavy (non-hydrogen) atoms. The van der Waals surface area contributed by atoms with Crippen LogP contribution >= 0.6 is 0 Å². The third-order valence-electron chi connectivity index (χ3n) is 2.75. The predicted molar refractivity (Wildman–Crippen MR) is 62.1 cm³/mol. The van der Waals surface area contributed by atoms with Crippen molar-refractivity contribution in [1.82, 2.24) is 4.90 Å². The summed E-state index contributed by atoms with van der Waals surface area (Å²) < 4.78 is 18.9. The summed E-state index contributed by atoms with van der Waals surface area (Å²) in [5, 5.41) is 0. The second-order valence-electron chi connectivity index (χ2n) is 4.17. The van der Waals surface area contributed by atoms with E-state index in [4.69, 9.17) is 10.5 Å². The van der Waals surface area contributed by atoms with E-state index in [-0.39, 0.29) is 17.6 Å². The molecule has 1 aliphatic heterocycles. The van der Waals surface area contributed by atoms with Gasteiger partial charge in [-0.05, 0) is 25.1 Å². The summed E-state index contributed by atoms with van der Waals surface area (Å²) in [5.41, 5.74) is 5.82. The molecule has 1 aromatic rings. The lowest BCUT2D eigenvalue weighted by Gasteiger charge is -2.31. The molecule has 0 spiro atoms. The minimum absolute atomic E-state index is 0.00968. The summed E-state index contributed by atoms with van der Waals surface area (Å²) in [5.74, 6) is -0.883. The van der Waals surface area contributed by atoms with E-state index in [1.165, 1.54) is 12.1 Å². The quantitative estimate of drug-likeness (QED) is 0.749. The number of carbonyl (C=O) groups is 1. The maximum atomic E-state index is 13.6. The monoisotopic (exact) mass is 238 g/mol. The lowest BCUT2D eigenvalue weighted by atomic mass is 10.1. The number of amides is 1. The number of anilines is 1. The highest BCUT2D eigenvalue weighted by atomic mass is 19.1. The number of nitrogen functional groups attached to an aromatic ring is 1. The molecule has 0 bridgehead atoms. The van der Waals surface area contributed by atoms with Gasteiger partial charge in [0.25, 0.3) is 5.91 Å². The smallest absolute Gasteiger partial charge is 0.256 e. The van der Waals surface area contributed by atoms with Crippen molar-refractivity contribution in [3.8, 4) is 0 Å². The molecule has 2 rings (SSSR count). The maximum absolute atomic E-state index is 13.6. The lowest BCUT2D eigenvalue weighted by Crippen LogP contribution is -2.44. The Labute approximate surface area is 99.2 Å². The van der Waals surface area contributed by atoms with Gasteiger partial charge >= 0.3 is 0 Å². The SMILES string of the molecule is C[C@H]1CN(C(=O)c2ccc(N)cc2F)CCO1. The van der Waals surface area contributed by atoms with Crippen LogP contribution in [0.3, 0.4) is 0 Å². The fourth-order valence-corrected chi connectivity index (χ4v) is 1.88. The molecule has 1 amide bonds. The molecule has 1 aliphatic rings. The van der Waals surface area contributed by atoms with Crippen LogP contribution in [0.15, 0.2) is 18.2 Å². The molecule has 0 aromatic heterocycles. The van der Waals surface area contributed by atoms with E-state index in [0.29, 0.717) is 25.4 Å². The number of nitrogens with zero attached hydrogens (tertiary/aromatic N) is 1. The molecule has 1 fully saturated rings. The molecule has 1 aromatic carbocycles. The van der Waals surface area contributed by atoms with Crippen LogP contribution in [0.4, 0.5) is 10.1 Å². The molecule has 1 saturated heterocycles. The van der Waals surface area contributed by atoms with Gasteiger partial charge in [-0.3, -0.25) is 4.79 Å². The van der Waals surface area contributed by atoms with E-state index < -0.39 is 5.82 Å². The van der Waals surface area contributed by atoms with Crippen LogP contribution < -0.4 is 5.73 Å². The Balaban J connectivity index is 2.18. The number of ether oxygens (including phenoxy) is 1. The van der Waals surface area contributed by atoms with Crippen molar-refractivity contribution in [2.75, 3.05) is 25.4 Å². The average Bonchev–Trinajstić information content (AvgIpc) is 2.28. The number of morpholine rings is 1. The Morgan fingerprint density at radius 2 is 2.35 bits per heavy atom. The summed E-state index contributed by atoms with van der Waals surface area (Å²) in [7, 11) is 0. The van der Waals surface area contributed by atoms with Gasteiger partial charge in [-0.25, -0.2) is 4.39 Å². The second kappa shape index (κ2) is 4.71. The second-order valence-corrected chi connectivity index (χ2v) is 4.17. The summed E-state index contributed by atoms with van der Waals surface area (Å²) in [6.07, 6.45) is -0.00968. The van der Waals surface area contributed by atoms with Crippen LogP contribution in [0, 0.1) is 5.82 Å². The third kappa shape index (κ3) is 2.55.